The predicted molar refractivity (Wildman–Crippen MR) is 106 cm³/mol. The first-order chi connectivity index (χ1) is 14.6. The van der Waals surface area contributed by atoms with Crippen LogP contribution >= 0.6 is 0 Å². The van der Waals surface area contributed by atoms with E-state index in [0.29, 0.717) is 17.7 Å². The number of aromatic amines is 1. The van der Waals surface area contributed by atoms with Crippen LogP contribution in [0.3, 0.4) is 0 Å². The zero-order valence-corrected chi connectivity index (χ0v) is 16.4. The maximum absolute atomic E-state index is 12.4. The number of hydrogen-bond acceptors (Lipinski definition) is 6. The van der Waals surface area contributed by atoms with Gasteiger partial charge in [0, 0.05) is 6.54 Å². The number of nitrogens with zero attached hydrogens (tertiary/aromatic N) is 4. The van der Waals surface area contributed by atoms with E-state index in [4.69, 9.17) is 4.74 Å². The Bertz CT molecular complexity index is 1030. The van der Waals surface area contributed by atoms with Crippen molar-refractivity contribution in [3.05, 3.63) is 52.1 Å². The van der Waals surface area contributed by atoms with Crippen LogP contribution in [0.5, 0.6) is 6.01 Å². The molecule has 0 amide bonds. The molecular weight excluding hydrogens is 396 g/mol. The van der Waals surface area contributed by atoms with Crippen LogP contribution < -0.4 is 10.4 Å². The van der Waals surface area contributed by atoms with Crippen molar-refractivity contribution in [2.45, 2.75) is 32.5 Å². The molecule has 30 heavy (non-hydrogen) atoms. The Hall–Kier alpha value is -2.85. The molecule has 3 aromatic rings. The van der Waals surface area contributed by atoms with E-state index in [-0.39, 0.29) is 24.9 Å². The first kappa shape index (κ1) is 20.4. The van der Waals surface area contributed by atoms with E-state index in [2.05, 4.69) is 36.7 Å². The summed E-state index contributed by atoms with van der Waals surface area (Å²) in [4.78, 5) is 25.7. The van der Waals surface area contributed by atoms with Gasteiger partial charge in [-0.05, 0) is 37.1 Å². The summed E-state index contributed by atoms with van der Waals surface area (Å²) in [6.07, 6.45) is 3.95. The molecule has 4 rings (SSSR count). The van der Waals surface area contributed by atoms with Crippen molar-refractivity contribution in [2.24, 2.45) is 0 Å². The average Bonchev–Trinajstić information content (AvgIpc) is 3.34. The molecule has 3 heterocycles. The first-order valence-corrected chi connectivity index (χ1v) is 9.87. The van der Waals surface area contributed by atoms with E-state index in [1.54, 1.807) is 0 Å². The SMILES string of the molecule is O=c1[nH]c2cnc(OCCOC(F)F)nc2n1Cc1ccc(CN2CCCC2)cc1. The van der Waals surface area contributed by atoms with Crippen molar-refractivity contribution in [1.29, 1.82) is 0 Å². The molecule has 1 aromatic carbocycles. The number of alkyl halides is 2. The summed E-state index contributed by atoms with van der Waals surface area (Å²) < 4.78 is 34.9. The molecule has 2 aromatic heterocycles. The van der Waals surface area contributed by atoms with Gasteiger partial charge < -0.3 is 14.5 Å². The second-order valence-electron chi connectivity index (χ2n) is 7.19. The lowest BCUT2D eigenvalue weighted by molar-refractivity contribution is -0.133. The number of rotatable bonds is 9. The third kappa shape index (κ3) is 5.00. The van der Waals surface area contributed by atoms with Gasteiger partial charge in [-0.1, -0.05) is 24.3 Å². The van der Waals surface area contributed by atoms with Crippen LogP contribution in [0.4, 0.5) is 8.78 Å². The van der Waals surface area contributed by atoms with Gasteiger partial charge in [-0.2, -0.15) is 13.8 Å². The van der Waals surface area contributed by atoms with Gasteiger partial charge in [0.15, 0.2) is 5.65 Å². The predicted octanol–water partition coefficient (Wildman–Crippen LogP) is 2.38. The van der Waals surface area contributed by atoms with E-state index in [1.807, 2.05) is 12.1 Å². The summed E-state index contributed by atoms with van der Waals surface area (Å²) in [5.74, 6) is 0. The zero-order chi connectivity index (χ0) is 20.9. The van der Waals surface area contributed by atoms with Crippen molar-refractivity contribution in [3.63, 3.8) is 0 Å². The van der Waals surface area contributed by atoms with Gasteiger partial charge in [-0.15, -0.1) is 0 Å². The standard InChI is InChI=1S/C20H23F2N5O3/c21-18(22)29-9-10-30-19-23-11-16-17(25-19)27(20(28)24-16)13-15-5-3-14(4-6-15)12-26-7-1-2-8-26/h3-6,11,18H,1-2,7-10,12-13H2,(H,24,28). The average molecular weight is 419 g/mol. The number of fused-ring (bicyclic) bond motifs is 1. The van der Waals surface area contributed by atoms with Crippen LogP contribution in [0.1, 0.15) is 24.0 Å². The molecular formula is C20H23F2N5O3. The molecule has 1 saturated heterocycles. The quantitative estimate of drug-likeness (QED) is 0.536. The molecule has 0 saturated carbocycles. The number of nitrogens with one attached hydrogen (secondary N) is 1. The normalized spacial score (nSPS) is 14.8. The third-order valence-corrected chi connectivity index (χ3v) is 5.02. The highest BCUT2D eigenvalue weighted by molar-refractivity contribution is 5.69. The lowest BCUT2D eigenvalue weighted by atomic mass is 10.1. The van der Waals surface area contributed by atoms with Gasteiger partial charge in [-0.25, -0.2) is 9.78 Å². The van der Waals surface area contributed by atoms with E-state index >= 15 is 0 Å². The molecule has 8 nitrogen and oxygen atoms in total. The second kappa shape index (κ2) is 9.31. The molecule has 1 fully saturated rings. The largest absolute Gasteiger partial charge is 0.461 e. The second-order valence-corrected chi connectivity index (χ2v) is 7.19. The number of benzene rings is 1. The third-order valence-electron chi connectivity index (χ3n) is 5.02. The Morgan fingerprint density at radius 1 is 1.07 bits per heavy atom. The minimum Gasteiger partial charge on any atom is -0.461 e. The van der Waals surface area contributed by atoms with Crippen molar-refractivity contribution in [1.82, 2.24) is 24.4 Å². The maximum Gasteiger partial charge on any atom is 0.345 e. The Morgan fingerprint density at radius 2 is 1.77 bits per heavy atom. The van der Waals surface area contributed by atoms with Gasteiger partial charge >= 0.3 is 18.3 Å². The van der Waals surface area contributed by atoms with Crippen molar-refractivity contribution in [3.8, 4) is 6.01 Å². The van der Waals surface area contributed by atoms with Crippen LogP contribution in [0, 0.1) is 0 Å². The molecule has 1 aliphatic heterocycles. The Kier molecular flexibility index (Phi) is 6.34. The number of aromatic nitrogens is 4. The molecule has 0 atom stereocenters. The molecule has 0 spiro atoms. The summed E-state index contributed by atoms with van der Waals surface area (Å²) in [7, 11) is 0. The molecule has 0 bridgehead atoms. The number of likely N-dealkylation sites (tertiary alicyclic amines) is 1. The van der Waals surface area contributed by atoms with Gasteiger partial charge in [0.05, 0.1) is 19.3 Å². The van der Waals surface area contributed by atoms with E-state index in [0.717, 1.165) is 25.2 Å². The molecule has 160 valence electrons. The Morgan fingerprint density at radius 3 is 2.47 bits per heavy atom. The van der Waals surface area contributed by atoms with E-state index < -0.39 is 6.61 Å². The van der Waals surface area contributed by atoms with Crippen LogP contribution in [-0.4, -0.2) is 57.3 Å². The highest BCUT2D eigenvalue weighted by Crippen LogP contribution is 2.15. The van der Waals surface area contributed by atoms with Crippen LogP contribution in [0.2, 0.25) is 0 Å². The van der Waals surface area contributed by atoms with Gasteiger partial charge in [0.2, 0.25) is 0 Å². The smallest absolute Gasteiger partial charge is 0.345 e. The minimum absolute atomic E-state index is 0.00548. The Labute approximate surface area is 171 Å². The summed E-state index contributed by atoms with van der Waals surface area (Å²) in [6.45, 7) is 0.305. The number of H-pyrrole nitrogens is 1. The van der Waals surface area contributed by atoms with Crippen LogP contribution in [-0.2, 0) is 17.8 Å². The molecule has 0 radical (unpaired) electrons. The fourth-order valence-electron chi connectivity index (χ4n) is 3.55. The van der Waals surface area contributed by atoms with Crippen LogP contribution in [0.25, 0.3) is 11.2 Å². The highest BCUT2D eigenvalue weighted by Gasteiger charge is 2.13. The molecule has 1 N–H and O–H groups in total. The summed E-state index contributed by atoms with van der Waals surface area (Å²) in [5, 5.41) is 0. The van der Waals surface area contributed by atoms with Crippen molar-refractivity contribution < 1.29 is 18.3 Å². The van der Waals surface area contributed by atoms with Crippen molar-refractivity contribution in [2.75, 3.05) is 26.3 Å². The van der Waals surface area contributed by atoms with Crippen molar-refractivity contribution >= 4 is 11.2 Å². The molecule has 0 unspecified atom stereocenters. The summed E-state index contributed by atoms with van der Waals surface area (Å²) in [6, 6.07) is 8.18. The van der Waals surface area contributed by atoms with Gasteiger partial charge in [-0.3, -0.25) is 9.47 Å². The Balaban J connectivity index is 1.45. The number of imidazole rings is 1. The molecule has 1 aliphatic rings. The lowest BCUT2D eigenvalue weighted by Gasteiger charge is -2.14. The van der Waals surface area contributed by atoms with Gasteiger partial charge in [0.25, 0.3) is 0 Å². The monoisotopic (exact) mass is 419 g/mol. The summed E-state index contributed by atoms with van der Waals surface area (Å²) in [5.41, 5.74) is 2.77. The van der Waals surface area contributed by atoms with Gasteiger partial charge in [0.1, 0.15) is 12.1 Å². The first-order valence-electron chi connectivity index (χ1n) is 9.87. The fourth-order valence-corrected chi connectivity index (χ4v) is 3.55. The summed E-state index contributed by atoms with van der Waals surface area (Å²) >= 11 is 0. The lowest BCUT2D eigenvalue weighted by Crippen LogP contribution is -2.19. The number of hydrogen-bond donors (Lipinski definition) is 1. The van der Waals surface area contributed by atoms with E-state index in [9.17, 15) is 13.6 Å². The fraction of sp³-hybridized carbons (Fsp3) is 0.450. The highest BCUT2D eigenvalue weighted by atomic mass is 19.3. The van der Waals surface area contributed by atoms with Crippen LogP contribution in [0.15, 0.2) is 35.3 Å². The maximum atomic E-state index is 12.4. The number of ether oxygens (including phenoxy) is 2. The minimum atomic E-state index is -2.85. The molecule has 10 heteroatoms. The topological polar surface area (TPSA) is 85.3 Å². The zero-order valence-electron chi connectivity index (χ0n) is 16.4. The van der Waals surface area contributed by atoms with E-state index in [1.165, 1.54) is 29.2 Å². The number of halogens is 2. The molecule has 0 aliphatic carbocycles.